The molecule has 0 spiro atoms. The van der Waals surface area contributed by atoms with Crippen molar-refractivity contribution in [3.8, 4) is 11.8 Å². The van der Waals surface area contributed by atoms with Gasteiger partial charge in [0.2, 0.25) is 11.8 Å². The quantitative estimate of drug-likeness (QED) is 0.361. The van der Waals surface area contributed by atoms with Gasteiger partial charge in [0.05, 0.1) is 11.1 Å². The summed E-state index contributed by atoms with van der Waals surface area (Å²) in [5, 5.41) is 5.48. The molecule has 4 aliphatic heterocycles. The molecule has 50 heavy (non-hydrogen) atoms. The van der Waals surface area contributed by atoms with Gasteiger partial charge in [0.15, 0.2) is 0 Å². The van der Waals surface area contributed by atoms with Gasteiger partial charge in [0, 0.05) is 54.8 Å². The fourth-order valence-electron chi connectivity index (χ4n) is 9.20. The van der Waals surface area contributed by atoms with Crippen LogP contribution < -0.4 is 15.5 Å². The first-order chi connectivity index (χ1) is 23.8. The van der Waals surface area contributed by atoms with E-state index in [9.17, 15) is 24.0 Å². The lowest BCUT2D eigenvalue weighted by Crippen LogP contribution is -2.63. The number of carbonyl (C=O) groups is 5. The van der Waals surface area contributed by atoms with Crippen LogP contribution >= 0.6 is 0 Å². The van der Waals surface area contributed by atoms with Crippen LogP contribution in [0.3, 0.4) is 0 Å². The Morgan fingerprint density at radius 1 is 0.880 bits per heavy atom. The summed E-state index contributed by atoms with van der Waals surface area (Å²) in [6, 6.07) is 8.94. The largest absolute Gasteiger partial charge is 0.356 e. The highest BCUT2D eigenvalue weighted by atomic mass is 16.2. The predicted octanol–water partition coefficient (Wildman–Crippen LogP) is 3.77. The summed E-state index contributed by atoms with van der Waals surface area (Å²) in [4.78, 5) is 73.4. The summed E-state index contributed by atoms with van der Waals surface area (Å²) in [6.45, 7) is 12.4. The number of anilines is 1. The van der Waals surface area contributed by atoms with E-state index in [1.54, 1.807) is 6.07 Å². The van der Waals surface area contributed by atoms with Crippen LogP contribution in [-0.2, 0) is 9.59 Å². The molecule has 11 heteroatoms. The summed E-state index contributed by atoms with van der Waals surface area (Å²) >= 11 is 0. The van der Waals surface area contributed by atoms with E-state index in [-0.39, 0.29) is 46.7 Å². The maximum atomic E-state index is 13.3. The molecule has 1 saturated carbocycles. The molecule has 4 fully saturated rings. The Morgan fingerprint density at radius 2 is 1.54 bits per heavy atom. The molecule has 2 aromatic rings. The normalized spacial score (nSPS) is 24.3. The van der Waals surface area contributed by atoms with E-state index in [1.165, 1.54) is 6.20 Å². The van der Waals surface area contributed by atoms with Crippen molar-refractivity contribution in [3.05, 3.63) is 58.8 Å². The van der Waals surface area contributed by atoms with E-state index in [1.807, 2.05) is 24.3 Å². The van der Waals surface area contributed by atoms with Gasteiger partial charge in [-0.25, -0.2) is 4.98 Å². The van der Waals surface area contributed by atoms with E-state index in [2.05, 4.69) is 65.0 Å². The van der Waals surface area contributed by atoms with Crippen LogP contribution in [0, 0.1) is 28.6 Å². The Kier molecular flexibility index (Phi) is 8.79. The van der Waals surface area contributed by atoms with Gasteiger partial charge in [-0.2, -0.15) is 0 Å². The number of likely N-dealkylation sites (tertiary alicyclic amines) is 1. The van der Waals surface area contributed by atoms with E-state index in [0.717, 1.165) is 68.7 Å². The smallest absolute Gasteiger partial charge is 0.263 e. The highest BCUT2D eigenvalue weighted by Gasteiger charge is 2.53. The van der Waals surface area contributed by atoms with Crippen molar-refractivity contribution >= 4 is 35.4 Å². The van der Waals surface area contributed by atoms with Gasteiger partial charge < -0.3 is 15.1 Å². The number of amides is 5. The number of nitrogens with one attached hydrogen (secondary N) is 2. The molecule has 262 valence electrons. The Bertz CT molecular complexity index is 1780. The van der Waals surface area contributed by atoms with Crippen LogP contribution in [0.15, 0.2) is 36.5 Å². The number of pyridine rings is 1. The molecule has 0 bridgehead atoms. The van der Waals surface area contributed by atoms with Gasteiger partial charge in [-0.05, 0) is 92.8 Å². The second-order valence-electron chi connectivity index (χ2n) is 16.0. The molecule has 1 atom stereocenters. The number of fused-ring (bicyclic) bond motifs is 1. The van der Waals surface area contributed by atoms with Gasteiger partial charge in [-0.3, -0.25) is 34.2 Å². The second kappa shape index (κ2) is 13.0. The number of rotatable bonds is 5. The standard InChI is InChI=1S/C39H46N6O5/c1-38(2)23-39(3,4)37(38)42-33(47)26-9-7-24(8-10-26)5-6-25-13-17-43(18-14-25)27-15-19-44(20-16-27)31-21-28-29(22-40-31)36(50)45(35(28)49)30-11-12-32(46)41-34(30)48/h7-10,21-22,25,27,30,37H,11-20,23H2,1-4H3,(H,42,47)(H,41,46,48). The minimum atomic E-state index is -0.988. The maximum absolute atomic E-state index is 13.3. The first kappa shape index (κ1) is 33.9. The molecule has 7 rings (SSSR count). The summed E-state index contributed by atoms with van der Waals surface area (Å²) in [6.07, 6.45) is 6.73. The van der Waals surface area contributed by atoms with Crippen LogP contribution in [0.5, 0.6) is 0 Å². The highest BCUT2D eigenvalue weighted by Crippen LogP contribution is 2.53. The van der Waals surface area contributed by atoms with Crippen molar-refractivity contribution in [2.75, 3.05) is 31.1 Å². The zero-order chi connectivity index (χ0) is 35.4. The first-order valence-corrected chi connectivity index (χ1v) is 17.9. The molecule has 1 unspecified atom stereocenters. The monoisotopic (exact) mass is 678 g/mol. The fourth-order valence-corrected chi connectivity index (χ4v) is 9.20. The number of piperidine rings is 3. The van der Waals surface area contributed by atoms with E-state index in [4.69, 9.17) is 0 Å². The average Bonchev–Trinajstić information content (AvgIpc) is 3.34. The number of benzene rings is 1. The number of hydrogen-bond donors (Lipinski definition) is 2. The Labute approximate surface area is 293 Å². The van der Waals surface area contributed by atoms with Gasteiger partial charge >= 0.3 is 0 Å². The Morgan fingerprint density at radius 3 is 2.18 bits per heavy atom. The SMILES string of the molecule is CC1(C)CC(C)(C)C1NC(=O)c1ccc(C#CC2CCN(C3CCN(c4cc5c(cn4)C(=O)N(C4CCC(=O)NC4=O)C5=O)CC3)CC2)cc1. The van der Waals surface area contributed by atoms with Crippen LogP contribution in [0.25, 0.3) is 0 Å². The van der Waals surface area contributed by atoms with Gasteiger partial charge in [-0.1, -0.05) is 39.5 Å². The molecule has 3 saturated heterocycles. The lowest BCUT2D eigenvalue weighted by atomic mass is 9.52. The minimum absolute atomic E-state index is 0.0259. The molecule has 2 N–H and O–H groups in total. The Balaban J connectivity index is 0.881. The summed E-state index contributed by atoms with van der Waals surface area (Å²) in [5.74, 6) is 5.72. The molecule has 5 amide bonds. The third-order valence-electron chi connectivity index (χ3n) is 11.5. The molecule has 5 heterocycles. The van der Waals surface area contributed by atoms with Crippen molar-refractivity contribution in [2.45, 2.75) is 90.8 Å². The molecule has 1 aliphatic carbocycles. The number of carbonyl (C=O) groups excluding carboxylic acids is 5. The number of imide groups is 2. The fraction of sp³-hybridized carbons (Fsp3) is 0.538. The number of nitrogens with zero attached hydrogens (tertiary/aromatic N) is 4. The van der Waals surface area contributed by atoms with Crippen molar-refractivity contribution in [1.29, 1.82) is 0 Å². The minimum Gasteiger partial charge on any atom is -0.356 e. The van der Waals surface area contributed by atoms with Crippen molar-refractivity contribution < 1.29 is 24.0 Å². The van der Waals surface area contributed by atoms with Crippen molar-refractivity contribution in [2.24, 2.45) is 16.7 Å². The summed E-state index contributed by atoms with van der Waals surface area (Å²) in [5.41, 5.74) is 2.26. The van der Waals surface area contributed by atoms with Crippen LogP contribution in [0.1, 0.15) is 109 Å². The van der Waals surface area contributed by atoms with Crippen LogP contribution in [0.2, 0.25) is 0 Å². The molecular formula is C39H46N6O5. The third-order valence-corrected chi connectivity index (χ3v) is 11.5. The number of aromatic nitrogens is 1. The maximum Gasteiger partial charge on any atom is 0.263 e. The molecular weight excluding hydrogens is 632 g/mol. The second-order valence-corrected chi connectivity index (χ2v) is 16.0. The molecule has 0 radical (unpaired) electrons. The summed E-state index contributed by atoms with van der Waals surface area (Å²) in [7, 11) is 0. The van der Waals surface area contributed by atoms with E-state index < -0.39 is 29.7 Å². The van der Waals surface area contributed by atoms with Crippen LogP contribution in [-0.4, -0.2) is 88.6 Å². The van der Waals surface area contributed by atoms with Crippen LogP contribution in [0.4, 0.5) is 5.82 Å². The van der Waals surface area contributed by atoms with Crippen molar-refractivity contribution in [3.63, 3.8) is 0 Å². The zero-order valence-corrected chi connectivity index (χ0v) is 29.4. The molecule has 5 aliphatic rings. The molecule has 1 aromatic carbocycles. The lowest BCUT2D eigenvalue weighted by molar-refractivity contribution is -0.136. The van der Waals surface area contributed by atoms with E-state index in [0.29, 0.717) is 23.3 Å². The van der Waals surface area contributed by atoms with Gasteiger partial charge in [-0.15, -0.1) is 0 Å². The lowest BCUT2D eigenvalue weighted by Gasteiger charge is -2.57. The third kappa shape index (κ3) is 6.41. The molecule has 1 aromatic heterocycles. The van der Waals surface area contributed by atoms with Gasteiger partial charge in [0.1, 0.15) is 11.9 Å². The average molecular weight is 679 g/mol. The first-order valence-electron chi connectivity index (χ1n) is 17.9. The van der Waals surface area contributed by atoms with E-state index >= 15 is 0 Å². The summed E-state index contributed by atoms with van der Waals surface area (Å²) < 4.78 is 0. The number of hydrogen-bond acceptors (Lipinski definition) is 8. The van der Waals surface area contributed by atoms with Gasteiger partial charge in [0.25, 0.3) is 17.7 Å². The predicted molar refractivity (Wildman–Crippen MR) is 187 cm³/mol. The topological polar surface area (TPSA) is 132 Å². The Hall–Kier alpha value is -4.56. The zero-order valence-electron chi connectivity index (χ0n) is 29.4. The molecule has 11 nitrogen and oxygen atoms in total. The highest BCUT2D eigenvalue weighted by molar-refractivity contribution is 6.23. The van der Waals surface area contributed by atoms with Crippen molar-refractivity contribution in [1.82, 2.24) is 25.4 Å².